The third-order valence-electron chi connectivity index (χ3n) is 5.84. The number of carbonyl (C=O) groups excluding carboxylic acids is 1. The summed E-state index contributed by atoms with van der Waals surface area (Å²) in [6, 6.07) is 8.21. The zero-order valence-corrected chi connectivity index (χ0v) is 17.2. The summed E-state index contributed by atoms with van der Waals surface area (Å²) in [5.41, 5.74) is 5.85. The van der Waals surface area contributed by atoms with Crippen LogP contribution in [-0.4, -0.2) is 38.4 Å². The van der Waals surface area contributed by atoms with E-state index in [1.165, 1.54) is 5.56 Å². The average Bonchev–Trinajstić information content (AvgIpc) is 3.51. The number of ketones is 1. The molecule has 2 aliphatic rings. The molecule has 154 valence electrons. The molecule has 0 amide bonds. The van der Waals surface area contributed by atoms with Gasteiger partial charge in [-0.25, -0.2) is 0 Å². The van der Waals surface area contributed by atoms with Crippen LogP contribution in [0.15, 0.2) is 28.8 Å². The maximum absolute atomic E-state index is 12.6. The number of carbonyl (C=O) groups is 1. The van der Waals surface area contributed by atoms with E-state index in [0.717, 1.165) is 54.7 Å². The molecule has 2 aromatic heterocycles. The summed E-state index contributed by atoms with van der Waals surface area (Å²) >= 11 is 0. The van der Waals surface area contributed by atoms with E-state index in [4.69, 9.17) is 9.26 Å². The number of aryl methyl sites for hydroxylation is 2. The lowest BCUT2D eigenvalue weighted by atomic mass is 10.0. The Morgan fingerprint density at radius 3 is 2.97 bits per heavy atom. The van der Waals surface area contributed by atoms with Gasteiger partial charge in [0.1, 0.15) is 5.69 Å². The minimum absolute atomic E-state index is 0.0717. The van der Waals surface area contributed by atoms with Crippen LogP contribution in [0.5, 0.6) is 0 Å². The molecule has 0 spiro atoms. The lowest BCUT2D eigenvalue weighted by molar-refractivity contribution is 0.0855. The number of benzene rings is 1. The standard InChI is InChI=1S/C23H24N4O3/c1-14-24-23(30-26-14)18-10-15-5-6-16(11-17(15)12-18)21-13-20(25-27(21)2)22(28)8-7-19-4-3-9-29-19/h5-6,11-13,19H,3-4,7-10H2,1-2H3/t19-/m0/s1. The Hall–Kier alpha value is -3.06. The molecule has 1 aliphatic carbocycles. The number of rotatable bonds is 6. The minimum Gasteiger partial charge on any atom is -0.378 e. The van der Waals surface area contributed by atoms with Gasteiger partial charge in [-0.1, -0.05) is 17.3 Å². The Morgan fingerprint density at radius 1 is 1.30 bits per heavy atom. The number of hydrogen-bond acceptors (Lipinski definition) is 6. The molecule has 3 aromatic rings. The van der Waals surface area contributed by atoms with E-state index in [2.05, 4.69) is 39.5 Å². The molecule has 30 heavy (non-hydrogen) atoms. The lowest BCUT2D eigenvalue weighted by Crippen LogP contribution is -2.09. The van der Waals surface area contributed by atoms with Crippen molar-refractivity contribution in [2.45, 2.75) is 45.1 Å². The van der Waals surface area contributed by atoms with Crippen LogP contribution >= 0.6 is 0 Å². The topological polar surface area (TPSA) is 83.0 Å². The van der Waals surface area contributed by atoms with Crippen molar-refractivity contribution in [2.75, 3.05) is 6.61 Å². The van der Waals surface area contributed by atoms with E-state index >= 15 is 0 Å². The molecule has 0 N–H and O–H groups in total. The zero-order chi connectivity index (χ0) is 20.7. The molecule has 1 saturated heterocycles. The number of hydrogen-bond donors (Lipinski definition) is 0. The van der Waals surface area contributed by atoms with Crippen molar-refractivity contribution in [3.63, 3.8) is 0 Å². The Bertz CT molecular complexity index is 1140. The fourth-order valence-corrected chi connectivity index (χ4v) is 4.22. The second-order valence-corrected chi connectivity index (χ2v) is 8.04. The largest absolute Gasteiger partial charge is 0.378 e. The maximum Gasteiger partial charge on any atom is 0.254 e. The van der Waals surface area contributed by atoms with Crippen LogP contribution in [0.1, 0.15) is 59.0 Å². The van der Waals surface area contributed by atoms with Crippen molar-refractivity contribution >= 4 is 17.4 Å². The molecule has 0 bridgehead atoms. The van der Waals surface area contributed by atoms with Crippen molar-refractivity contribution < 1.29 is 14.1 Å². The number of fused-ring (bicyclic) bond motifs is 1. The van der Waals surface area contributed by atoms with Gasteiger partial charge in [-0.05, 0) is 55.5 Å². The van der Waals surface area contributed by atoms with Gasteiger partial charge < -0.3 is 9.26 Å². The highest BCUT2D eigenvalue weighted by molar-refractivity contribution is 5.95. The number of aromatic nitrogens is 4. The highest BCUT2D eigenvalue weighted by Gasteiger charge is 2.22. The highest BCUT2D eigenvalue weighted by atomic mass is 16.5. The SMILES string of the molecule is Cc1noc(C2=Cc3cc(-c4cc(C(=O)CC[C@@H]5CCCO5)nn4C)ccc3C2)n1. The van der Waals surface area contributed by atoms with Gasteiger partial charge in [0.25, 0.3) is 5.89 Å². The molecular formula is C23H24N4O3. The first-order valence-corrected chi connectivity index (χ1v) is 10.4. The van der Waals surface area contributed by atoms with Crippen molar-refractivity contribution in [1.29, 1.82) is 0 Å². The van der Waals surface area contributed by atoms with Crippen LogP contribution < -0.4 is 0 Å². The third-order valence-corrected chi connectivity index (χ3v) is 5.84. The van der Waals surface area contributed by atoms with Crippen molar-refractivity contribution in [1.82, 2.24) is 19.9 Å². The third kappa shape index (κ3) is 3.61. The summed E-state index contributed by atoms with van der Waals surface area (Å²) in [6.07, 6.45) is 6.47. The molecule has 7 heteroatoms. The van der Waals surface area contributed by atoms with Gasteiger partial charge >= 0.3 is 0 Å². The summed E-state index contributed by atoms with van der Waals surface area (Å²) in [4.78, 5) is 17.0. The molecule has 3 heterocycles. The Labute approximate surface area is 174 Å². The normalized spacial score (nSPS) is 17.9. The molecule has 0 radical (unpaired) electrons. The maximum atomic E-state index is 12.6. The summed E-state index contributed by atoms with van der Waals surface area (Å²) in [7, 11) is 1.88. The van der Waals surface area contributed by atoms with E-state index in [-0.39, 0.29) is 11.9 Å². The predicted octanol–water partition coefficient (Wildman–Crippen LogP) is 4.02. The van der Waals surface area contributed by atoms with Crippen molar-refractivity contribution in [3.8, 4) is 11.3 Å². The van der Waals surface area contributed by atoms with Crippen LogP contribution in [0.3, 0.4) is 0 Å². The van der Waals surface area contributed by atoms with Gasteiger partial charge in [0.2, 0.25) is 0 Å². The lowest BCUT2D eigenvalue weighted by Gasteiger charge is -2.06. The van der Waals surface area contributed by atoms with Crippen LogP contribution in [0, 0.1) is 6.92 Å². The van der Waals surface area contributed by atoms with Gasteiger partial charge in [0.15, 0.2) is 11.6 Å². The summed E-state index contributed by atoms with van der Waals surface area (Å²) in [5.74, 6) is 1.28. The number of nitrogens with zero attached hydrogens (tertiary/aromatic N) is 4. The van der Waals surface area contributed by atoms with Crippen LogP contribution in [-0.2, 0) is 18.2 Å². The number of allylic oxidation sites excluding steroid dienone is 1. The van der Waals surface area contributed by atoms with E-state index in [1.807, 2.05) is 20.0 Å². The molecule has 1 atom stereocenters. The minimum atomic E-state index is 0.0717. The Kier molecular flexibility index (Phi) is 4.83. The summed E-state index contributed by atoms with van der Waals surface area (Å²) in [6.45, 7) is 2.63. The van der Waals surface area contributed by atoms with Crippen molar-refractivity contribution in [3.05, 3.63) is 52.8 Å². The first-order chi connectivity index (χ1) is 14.6. The summed E-state index contributed by atoms with van der Waals surface area (Å²) < 4.78 is 12.7. The predicted molar refractivity (Wildman–Crippen MR) is 112 cm³/mol. The van der Waals surface area contributed by atoms with E-state index < -0.39 is 0 Å². The number of Topliss-reactive ketones (excluding diaryl/α,β-unsaturated/α-hetero) is 1. The molecule has 1 aromatic carbocycles. The second kappa shape index (κ2) is 7.65. The van der Waals surface area contributed by atoms with Gasteiger partial charge in [0, 0.05) is 37.6 Å². The molecule has 0 saturated carbocycles. The van der Waals surface area contributed by atoms with Gasteiger partial charge in [0.05, 0.1) is 11.8 Å². The van der Waals surface area contributed by atoms with E-state index in [9.17, 15) is 4.79 Å². The quantitative estimate of drug-likeness (QED) is 0.577. The molecule has 1 aliphatic heterocycles. The van der Waals surface area contributed by atoms with Gasteiger partial charge in [-0.15, -0.1) is 0 Å². The molecule has 0 unspecified atom stereocenters. The fourth-order valence-electron chi connectivity index (χ4n) is 4.22. The second-order valence-electron chi connectivity index (χ2n) is 8.04. The number of ether oxygens (including phenoxy) is 1. The van der Waals surface area contributed by atoms with E-state index in [0.29, 0.717) is 23.8 Å². The molecule has 7 nitrogen and oxygen atoms in total. The van der Waals surface area contributed by atoms with Crippen LogP contribution in [0.2, 0.25) is 0 Å². The van der Waals surface area contributed by atoms with Gasteiger partial charge in [-0.3, -0.25) is 9.48 Å². The first kappa shape index (κ1) is 18.9. The Balaban J connectivity index is 1.35. The smallest absolute Gasteiger partial charge is 0.254 e. The zero-order valence-electron chi connectivity index (χ0n) is 17.2. The average molecular weight is 404 g/mol. The molecule has 5 rings (SSSR count). The monoisotopic (exact) mass is 404 g/mol. The molecule has 1 fully saturated rings. The summed E-state index contributed by atoms with van der Waals surface area (Å²) in [5, 5.41) is 8.35. The van der Waals surface area contributed by atoms with Gasteiger partial charge in [-0.2, -0.15) is 10.1 Å². The Morgan fingerprint density at radius 2 is 2.20 bits per heavy atom. The van der Waals surface area contributed by atoms with Crippen LogP contribution in [0.4, 0.5) is 0 Å². The fraction of sp³-hybridized carbons (Fsp3) is 0.391. The highest BCUT2D eigenvalue weighted by Crippen LogP contribution is 2.34. The molecular weight excluding hydrogens is 380 g/mol. The van der Waals surface area contributed by atoms with Crippen LogP contribution in [0.25, 0.3) is 22.9 Å². The first-order valence-electron chi connectivity index (χ1n) is 10.4. The van der Waals surface area contributed by atoms with E-state index in [1.54, 1.807) is 4.68 Å². The van der Waals surface area contributed by atoms with Crippen molar-refractivity contribution in [2.24, 2.45) is 7.05 Å².